The Morgan fingerprint density at radius 1 is 0.641 bits per heavy atom. The van der Waals surface area contributed by atoms with Crippen molar-refractivity contribution in [3.63, 3.8) is 0 Å². The summed E-state index contributed by atoms with van der Waals surface area (Å²) in [4.78, 5) is 5.23. The zero-order valence-electron chi connectivity index (χ0n) is 23.8. The summed E-state index contributed by atoms with van der Waals surface area (Å²) in [6, 6.07) is 32.9. The predicted molar refractivity (Wildman–Crippen MR) is 169 cm³/mol. The molecule has 4 aromatic carbocycles. The molecule has 2 heterocycles. The molecule has 0 spiro atoms. The second-order valence-corrected chi connectivity index (χ2v) is 12.4. The monoisotopic (exact) mass is 510 g/mol. The molecule has 39 heavy (non-hydrogen) atoms. The Morgan fingerprint density at radius 2 is 1.23 bits per heavy atom. The van der Waals surface area contributed by atoms with Crippen LogP contribution in [0.3, 0.4) is 0 Å². The van der Waals surface area contributed by atoms with Crippen molar-refractivity contribution in [3.05, 3.63) is 96.1 Å². The van der Waals surface area contributed by atoms with Crippen LogP contribution >= 0.6 is 0 Å². The Kier molecular flexibility index (Phi) is 6.07. The van der Waals surface area contributed by atoms with Crippen LogP contribution in [-0.4, -0.2) is 12.8 Å². The van der Waals surface area contributed by atoms with Crippen LogP contribution in [0.1, 0.15) is 82.8 Å². The van der Waals surface area contributed by atoms with Crippen LogP contribution in [0.2, 0.25) is 0 Å². The van der Waals surface area contributed by atoms with E-state index < -0.39 is 0 Å². The Hall–Kier alpha value is -3.46. The lowest BCUT2D eigenvalue weighted by Gasteiger charge is -2.46. The number of nitrogens with zero attached hydrogens (tertiary/aromatic N) is 2. The van der Waals surface area contributed by atoms with Gasteiger partial charge in [0.1, 0.15) is 0 Å². The first kappa shape index (κ1) is 24.6. The van der Waals surface area contributed by atoms with E-state index in [-0.39, 0.29) is 6.71 Å². The van der Waals surface area contributed by atoms with Gasteiger partial charge in [-0.2, -0.15) is 0 Å². The molecule has 1 fully saturated rings. The molecule has 1 aliphatic carbocycles. The number of rotatable bonds is 4. The molecule has 0 radical (unpaired) electrons. The van der Waals surface area contributed by atoms with Crippen LogP contribution in [0.4, 0.5) is 28.4 Å². The van der Waals surface area contributed by atoms with E-state index in [1.54, 1.807) is 0 Å². The Labute approximate surface area is 234 Å². The average Bonchev–Trinajstić information content (AvgIpc) is 2.97. The summed E-state index contributed by atoms with van der Waals surface area (Å²) >= 11 is 0. The van der Waals surface area contributed by atoms with Gasteiger partial charge in [-0.3, -0.25) is 0 Å². The van der Waals surface area contributed by atoms with Gasteiger partial charge in [0.15, 0.2) is 0 Å². The summed E-state index contributed by atoms with van der Waals surface area (Å²) in [5.74, 6) is 1.08. The Balaban J connectivity index is 1.58. The lowest BCUT2D eigenvalue weighted by Crippen LogP contribution is -2.62. The summed E-state index contributed by atoms with van der Waals surface area (Å²) in [7, 11) is 0. The zero-order valence-corrected chi connectivity index (χ0v) is 23.8. The SMILES string of the molecule is CC(C)c1ccccc1N1c2ccccc2B2c3ccccc3N(C(C)C)c3cc(C4CCCCC4)cc1c32. The lowest BCUT2D eigenvalue weighted by atomic mass is 9.33. The van der Waals surface area contributed by atoms with Gasteiger partial charge in [-0.25, -0.2) is 0 Å². The topological polar surface area (TPSA) is 6.48 Å². The largest absolute Gasteiger partial charge is 0.340 e. The minimum Gasteiger partial charge on any atom is -0.340 e. The van der Waals surface area contributed by atoms with Crippen LogP contribution in [0.15, 0.2) is 84.9 Å². The number of benzene rings is 4. The number of para-hydroxylation sites is 3. The number of hydrogen-bond donors (Lipinski definition) is 0. The van der Waals surface area contributed by atoms with Gasteiger partial charge in [-0.1, -0.05) is 87.7 Å². The maximum atomic E-state index is 2.62. The summed E-state index contributed by atoms with van der Waals surface area (Å²) < 4.78 is 0. The third-order valence-electron chi connectivity index (χ3n) is 9.34. The summed E-state index contributed by atoms with van der Waals surface area (Å²) in [5, 5.41) is 0. The minimum absolute atomic E-state index is 0.236. The van der Waals surface area contributed by atoms with Gasteiger partial charge < -0.3 is 9.80 Å². The summed E-state index contributed by atoms with van der Waals surface area (Å²) in [6.07, 6.45) is 6.68. The van der Waals surface area contributed by atoms with Crippen LogP contribution in [-0.2, 0) is 0 Å². The predicted octanol–water partition coefficient (Wildman–Crippen LogP) is 8.02. The van der Waals surface area contributed by atoms with Gasteiger partial charge in [0, 0.05) is 34.5 Å². The van der Waals surface area contributed by atoms with E-state index in [9.17, 15) is 0 Å². The highest BCUT2D eigenvalue weighted by molar-refractivity contribution is 7.00. The zero-order chi connectivity index (χ0) is 26.7. The summed E-state index contributed by atoms with van der Waals surface area (Å²) in [5.41, 5.74) is 14.0. The highest BCUT2D eigenvalue weighted by atomic mass is 15.2. The average molecular weight is 511 g/mol. The van der Waals surface area contributed by atoms with Crippen LogP contribution in [0.25, 0.3) is 0 Å². The van der Waals surface area contributed by atoms with E-state index in [0.29, 0.717) is 17.9 Å². The maximum Gasteiger partial charge on any atom is 0.252 e. The van der Waals surface area contributed by atoms with E-state index >= 15 is 0 Å². The first-order valence-electron chi connectivity index (χ1n) is 15.1. The van der Waals surface area contributed by atoms with Gasteiger partial charge in [-0.05, 0) is 96.4 Å². The first-order valence-corrected chi connectivity index (χ1v) is 15.1. The van der Waals surface area contributed by atoms with Crippen LogP contribution in [0, 0.1) is 0 Å². The fraction of sp³-hybridized carbons (Fsp3) is 0.333. The van der Waals surface area contributed by atoms with E-state index in [0.717, 1.165) is 0 Å². The molecule has 0 aromatic heterocycles. The molecular formula is C36H39BN2. The molecule has 7 rings (SSSR count). The molecule has 0 saturated heterocycles. The Bertz CT molecular complexity index is 1530. The quantitative estimate of drug-likeness (QED) is 0.226. The van der Waals surface area contributed by atoms with E-state index in [4.69, 9.17) is 0 Å². The fourth-order valence-corrected chi connectivity index (χ4v) is 7.62. The summed E-state index contributed by atoms with van der Waals surface area (Å²) in [6.45, 7) is 9.57. The van der Waals surface area contributed by atoms with Crippen molar-refractivity contribution < 1.29 is 0 Å². The van der Waals surface area contributed by atoms with E-state index in [1.165, 1.54) is 88.1 Å². The molecule has 0 N–H and O–H groups in total. The van der Waals surface area contributed by atoms with Gasteiger partial charge in [-0.15, -0.1) is 0 Å². The molecule has 2 nitrogen and oxygen atoms in total. The second kappa shape index (κ2) is 9.63. The molecular weight excluding hydrogens is 471 g/mol. The molecule has 1 saturated carbocycles. The van der Waals surface area contributed by atoms with Crippen LogP contribution < -0.4 is 26.2 Å². The lowest BCUT2D eigenvalue weighted by molar-refractivity contribution is 0.443. The molecule has 2 aliphatic heterocycles. The molecule has 196 valence electrons. The number of fused-ring (bicyclic) bond motifs is 4. The van der Waals surface area contributed by atoms with Crippen molar-refractivity contribution in [2.45, 2.75) is 77.7 Å². The first-order chi connectivity index (χ1) is 19.0. The Morgan fingerprint density at radius 3 is 1.92 bits per heavy atom. The van der Waals surface area contributed by atoms with Gasteiger partial charge in [0.2, 0.25) is 0 Å². The van der Waals surface area contributed by atoms with Gasteiger partial charge >= 0.3 is 0 Å². The van der Waals surface area contributed by atoms with Crippen molar-refractivity contribution in [2.75, 3.05) is 9.80 Å². The maximum absolute atomic E-state index is 2.62. The van der Waals surface area contributed by atoms with Crippen LogP contribution in [0.5, 0.6) is 0 Å². The van der Waals surface area contributed by atoms with Gasteiger partial charge in [0.25, 0.3) is 6.71 Å². The molecule has 3 heteroatoms. The molecule has 0 unspecified atom stereocenters. The molecule has 0 atom stereocenters. The third kappa shape index (κ3) is 3.85. The number of anilines is 5. The van der Waals surface area contributed by atoms with E-state index in [1.807, 2.05) is 0 Å². The van der Waals surface area contributed by atoms with Crippen molar-refractivity contribution in [2.24, 2.45) is 0 Å². The molecule has 0 bridgehead atoms. The van der Waals surface area contributed by atoms with Crippen molar-refractivity contribution >= 4 is 51.5 Å². The van der Waals surface area contributed by atoms with E-state index in [2.05, 4.69) is 122 Å². The smallest absolute Gasteiger partial charge is 0.252 e. The molecule has 0 amide bonds. The minimum atomic E-state index is 0.236. The van der Waals surface area contributed by atoms with Crippen molar-refractivity contribution in [1.29, 1.82) is 0 Å². The van der Waals surface area contributed by atoms with Crippen molar-refractivity contribution in [1.82, 2.24) is 0 Å². The number of hydrogen-bond acceptors (Lipinski definition) is 2. The normalized spacial score (nSPS) is 16.4. The van der Waals surface area contributed by atoms with Crippen molar-refractivity contribution in [3.8, 4) is 0 Å². The molecule has 3 aliphatic rings. The second-order valence-electron chi connectivity index (χ2n) is 12.4. The highest BCUT2D eigenvalue weighted by Crippen LogP contribution is 2.46. The molecule has 4 aromatic rings. The fourth-order valence-electron chi connectivity index (χ4n) is 7.62. The standard InChI is InChI=1S/C36H39BN2/c1-24(2)28-16-8-11-19-31(28)39-33-21-13-10-18-30(33)37-29-17-9-12-20-32(29)38(25(3)4)34-22-27(23-35(39)36(34)37)26-14-6-5-7-15-26/h8-13,16-26H,5-7,14-15H2,1-4H3. The third-order valence-corrected chi connectivity index (χ3v) is 9.34. The van der Waals surface area contributed by atoms with Gasteiger partial charge in [0.05, 0.1) is 0 Å². The highest BCUT2D eigenvalue weighted by Gasteiger charge is 2.43.